The standard InChI is InChI=1S/2C13H26O5.C8H16O4.3C6H14O2.2C3H6O3.2CH4O.2CH3O.2Na/c2*1-3-5-7-15-9-11-17-13(14)18-12-10-16-8-6-4-2;1-3-4-5-11-6-7-12-8(9)10-2;3*1-2-3-5-8-6-4-7;2*1-5-3(4)6-2;4*1-2;;/h2*3-12H2,1-2H3;3-7H2,1-2H3;3*7H,2-6H2,1H3;2*1-2H3;2*2H,1H3;2*1H3;;/q;;;;;;;;;;2*-1;2*+1. The van der Waals surface area contributed by atoms with E-state index in [-0.39, 0.29) is 112 Å². The minimum atomic E-state index is -0.659. The average molecular weight is 1410 g/mol. The smallest absolute Gasteiger partial charge is 0.857 e. The molecule has 0 aliphatic rings. The van der Waals surface area contributed by atoms with Crippen LogP contribution in [0.2, 0.25) is 0 Å². The van der Waals surface area contributed by atoms with Crippen molar-refractivity contribution in [3.05, 3.63) is 0 Å². The van der Waals surface area contributed by atoms with Gasteiger partial charge in [-0.1, -0.05) is 107 Å². The molecule has 0 radical (unpaired) electrons. The Morgan fingerprint density at radius 2 is 0.372 bits per heavy atom. The van der Waals surface area contributed by atoms with Crippen LogP contribution >= 0.6 is 0 Å². The summed E-state index contributed by atoms with van der Waals surface area (Å²) in [5.74, 6) is 0. The molecule has 32 heteroatoms. The first-order valence-corrected chi connectivity index (χ1v) is 31.5. The maximum atomic E-state index is 11.1. The summed E-state index contributed by atoms with van der Waals surface area (Å²) in [4.78, 5) is 52.0. The third-order valence-corrected chi connectivity index (χ3v) is 8.92. The second-order valence-corrected chi connectivity index (χ2v) is 16.4. The van der Waals surface area contributed by atoms with E-state index in [0.29, 0.717) is 79.3 Å². The van der Waals surface area contributed by atoms with Crippen LogP contribution < -0.4 is 69.3 Å². The third-order valence-electron chi connectivity index (χ3n) is 8.92. The minimum absolute atomic E-state index is 0. The number of ether oxygens (including phenoxy) is 18. The van der Waals surface area contributed by atoms with Gasteiger partial charge in [0.15, 0.2) is 0 Å². The third kappa shape index (κ3) is 180. The maximum absolute atomic E-state index is 11.1. The molecule has 0 aromatic carbocycles. The van der Waals surface area contributed by atoms with E-state index in [9.17, 15) is 24.0 Å². The molecule has 0 aromatic rings. The molecule has 0 aliphatic carbocycles. The predicted molar refractivity (Wildman–Crippen MR) is 347 cm³/mol. The predicted octanol–water partition coefficient (Wildman–Crippen LogP) is 1.49. The first kappa shape index (κ1) is 125. The molecular weight excluding hydrogens is 1270 g/mol. The van der Waals surface area contributed by atoms with Crippen LogP contribution in [0.1, 0.15) is 158 Å². The van der Waals surface area contributed by atoms with Crippen molar-refractivity contribution in [3.63, 3.8) is 0 Å². The summed E-state index contributed by atoms with van der Waals surface area (Å²) in [6.07, 6.45) is 14.1. The fourth-order valence-corrected chi connectivity index (χ4v) is 4.21. The molecule has 0 heterocycles. The number of aliphatic hydroxyl groups is 5. The summed E-state index contributed by atoms with van der Waals surface area (Å²) in [6, 6.07) is 0. The van der Waals surface area contributed by atoms with E-state index in [0.717, 1.165) is 158 Å². The zero-order valence-electron chi connectivity index (χ0n) is 62.2. The Bertz CT molecular complexity index is 1060. The molecule has 30 nitrogen and oxygen atoms in total. The topological polar surface area (TPSA) is 399 Å². The fourth-order valence-electron chi connectivity index (χ4n) is 4.21. The van der Waals surface area contributed by atoms with Crippen molar-refractivity contribution in [2.24, 2.45) is 0 Å². The first-order valence-electron chi connectivity index (χ1n) is 31.5. The fraction of sp³-hybridized carbons (Fsp3) is 0.919. The van der Waals surface area contributed by atoms with Crippen molar-refractivity contribution in [2.45, 2.75) is 158 Å². The Morgan fingerprint density at radius 3 is 0.489 bits per heavy atom. The Hall–Kier alpha value is -2.25. The molecule has 0 unspecified atom stereocenters. The molecule has 0 aromatic heterocycles. The summed E-state index contributed by atoms with van der Waals surface area (Å²) < 4.78 is 85.2. The Morgan fingerprint density at radius 1 is 0.234 bits per heavy atom. The van der Waals surface area contributed by atoms with Crippen molar-refractivity contribution in [3.8, 4) is 0 Å². The zero-order chi connectivity index (χ0) is 72.9. The summed E-state index contributed by atoms with van der Waals surface area (Å²) in [7, 11) is 9.80. The summed E-state index contributed by atoms with van der Waals surface area (Å²) in [5, 5.41) is 55.2. The second-order valence-electron chi connectivity index (χ2n) is 16.4. The van der Waals surface area contributed by atoms with Gasteiger partial charge in [-0.2, -0.15) is 14.2 Å². The zero-order valence-corrected chi connectivity index (χ0v) is 66.2. The van der Waals surface area contributed by atoms with Crippen molar-refractivity contribution in [2.75, 3.05) is 223 Å². The molecular formula is C62H136Na2O30. The molecule has 0 fully saturated rings. The average Bonchev–Trinajstić information content (AvgIpc) is 3.77. The Kier molecular flexibility index (Phi) is 194. The number of aliphatic hydroxyl groups excluding tert-OH is 5. The normalized spacial score (nSPS) is 8.81. The van der Waals surface area contributed by atoms with Gasteiger partial charge in [-0.3, -0.25) is 0 Å². The van der Waals surface area contributed by atoms with Gasteiger partial charge in [0.05, 0.1) is 108 Å². The summed E-state index contributed by atoms with van der Waals surface area (Å²) >= 11 is 0. The van der Waals surface area contributed by atoms with Crippen LogP contribution in [0.15, 0.2) is 0 Å². The van der Waals surface area contributed by atoms with Crippen LogP contribution in [0.4, 0.5) is 24.0 Å². The molecule has 0 spiro atoms. The minimum Gasteiger partial charge on any atom is -0.857 e. The first-order chi connectivity index (χ1) is 44.8. The summed E-state index contributed by atoms with van der Waals surface area (Å²) in [5.41, 5.74) is 0. The number of carbonyl (C=O) groups excluding carboxylic acids is 5. The number of rotatable bonds is 45. The largest absolute Gasteiger partial charge is 1.00 e. The number of unbranched alkanes of at least 4 members (excludes halogenated alkanes) is 8. The van der Waals surface area contributed by atoms with Gasteiger partial charge in [0.2, 0.25) is 0 Å². The second kappa shape index (κ2) is 146. The van der Waals surface area contributed by atoms with Gasteiger partial charge in [-0.05, 0) is 51.4 Å². The van der Waals surface area contributed by atoms with Gasteiger partial charge in [0.25, 0.3) is 0 Å². The van der Waals surface area contributed by atoms with Crippen LogP contribution in [-0.2, 0) is 85.3 Å². The van der Waals surface area contributed by atoms with Crippen LogP contribution in [0.5, 0.6) is 0 Å². The van der Waals surface area contributed by atoms with Crippen molar-refractivity contribution in [1.82, 2.24) is 0 Å². The number of carbonyl (C=O) groups is 5. The van der Waals surface area contributed by atoms with E-state index in [1.165, 1.54) is 35.5 Å². The van der Waals surface area contributed by atoms with Crippen molar-refractivity contribution >= 4 is 30.8 Å². The SMILES string of the molecule is CCCCOCCO.CCCCOCCO.CCCCOCCO.CCCCOCCOC(=O)OC.CCCCOCCOC(=O)OCCOCCCC.CCCCOCCOC(=O)OCCOCCCC.CO.CO.COC(=O)OC.COC(=O)OC.C[O-].C[O-].[Na+].[Na+]. The van der Waals surface area contributed by atoms with Crippen LogP contribution in [0.3, 0.4) is 0 Å². The number of hydrogen-bond acceptors (Lipinski definition) is 30. The van der Waals surface area contributed by atoms with E-state index >= 15 is 0 Å². The molecule has 0 atom stereocenters. The molecule has 0 amide bonds. The van der Waals surface area contributed by atoms with Gasteiger partial charge in [-0.15, -0.1) is 0 Å². The van der Waals surface area contributed by atoms with Gasteiger partial charge in [-0.25, -0.2) is 24.0 Å². The number of methoxy groups -OCH3 is 5. The van der Waals surface area contributed by atoms with Crippen LogP contribution in [-0.4, -0.2) is 279 Å². The monoisotopic (exact) mass is 1410 g/mol. The van der Waals surface area contributed by atoms with Gasteiger partial charge in [0, 0.05) is 67.1 Å². The molecule has 94 heavy (non-hydrogen) atoms. The van der Waals surface area contributed by atoms with E-state index in [1.54, 1.807) is 0 Å². The van der Waals surface area contributed by atoms with E-state index in [4.69, 9.17) is 92.6 Å². The van der Waals surface area contributed by atoms with Crippen molar-refractivity contribution < 1.29 is 204 Å². The maximum Gasteiger partial charge on any atom is 1.00 e. The van der Waals surface area contributed by atoms with E-state index < -0.39 is 30.8 Å². The van der Waals surface area contributed by atoms with Gasteiger partial charge in [0.1, 0.15) is 33.0 Å². The molecule has 5 N–H and O–H groups in total. The molecule has 0 rings (SSSR count). The Balaban J connectivity index is -0.0000000655. The van der Waals surface area contributed by atoms with E-state index in [1.807, 2.05) is 0 Å². The van der Waals surface area contributed by atoms with E-state index in [2.05, 4.69) is 83.8 Å². The quantitative estimate of drug-likeness (QED) is 0.0249. The van der Waals surface area contributed by atoms with Crippen LogP contribution in [0, 0.1) is 0 Å². The molecule has 0 saturated heterocycles. The molecule has 0 aliphatic heterocycles. The molecule has 0 bridgehead atoms. The molecule has 0 saturated carbocycles. The number of hydrogen-bond donors (Lipinski definition) is 5. The summed E-state index contributed by atoms with van der Waals surface area (Å²) in [6.45, 7) is 27.9. The van der Waals surface area contributed by atoms with Crippen LogP contribution in [0.25, 0.3) is 0 Å². The Labute approximate surface area is 611 Å². The van der Waals surface area contributed by atoms with Gasteiger partial charge < -0.3 is 121 Å². The van der Waals surface area contributed by atoms with Crippen molar-refractivity contribution in [1.29, 1.82) is 0 Å². The molecule has 566 valence electrons. The van der Waals surface area contributed by atoms with Gasteiger partial charge >= 0.3 is 89.9 Å².